The van der Waals surface area contributed by atoms with Crippen LogP contribution in [0.3, 0.4) is 0 Å². The third-order valence-electron chi connectivity index (χ3n) is 1.64. The first-order chi connectivity index (χ1) is 5.41. The summed E-state index contributed by atoms with van der Waals surface area (Å²) in [6.07, 6.45) is 8.86. The highest BCUT2D eigenvalue weighted by Crippen LogP contribution is 2.05. The molecule has 0 radical (unpaired) electrons. The molecule has 2 nitrogen and oxygen atoms in total. The maximum atomic E-state index is 8.23. The van der Waals surface area contributed by atoms with Crippen molar-refractivity contribution in [2.75, 3.05) is 0 Å². The zero-order valence-electron chi connectivity index (χ0n) is 6.97. The Balaban J connectivity index is 2.80. The number of nitriles is 1. The van der Waals surface area contributed by atoms with Gasteiger partial charge in [-0.05, 0) is 25.5 Å². The van der Waals surface area contributed by atoms with E-state index in [1.54, 1.807) is 0 Å². The Kier molecular flexibility index (Phi) is 8.46. The first-order valence-corrected chi connectivity index (χ1v) is 4.27. The summed E-state index contributed by atoms with van der Waals surface area (Å²) in [6, 6.07) is 2.13. The van der Waals surface area contributed by atoms with E-state index in [1.165, 1.54) is 25.5 Å². The molecule has 0 spiro atoms. The number of unbranched alkanes of at least 4 members (excludes halogenated alkanes) is 6. The number of nitrogens with zero attached hydrogens (tertiary/aromatic N) is 1. The Labute approximate surface area is 68.7 Å². The van der Waals surface area contributed by atoms with Gasteiger partial charge in [0.2, 0.25) is 0 Å². The van der Waals surface area contributed by atoms with Gasteiger partial charge in [0.05, 0.1) is 6.07 Å². The van der Waals surface area contributed by atoms with E-state index in [0.717, 1.165) is 19.3 Å². The van der Waals surface area contributed by atoms with Crippen molar-refractivity contribution in [1.29, 1.82) is 10.7 Å². The van der Waals surface area contributed by atoms with Crippen LogP contribution < -0.4 is 0 Å². The molecule has 2 heteroatoms. The smallest absolute Gasteiger partial charge is 0.0621 e. The highest BCUT2D eigenvalue weighted by Gasteiger charge is 1.88. The Bertz CT molecular complexity index is 124. The maximum Gasteiger partial charge on any atom is 0.0621 e. The molecule has 62 valence electrons. The normalized spacial score (nSPS) is 9.00. The molecule has 0 aliphatic heterocycles. The van der Waals surface area contributed by atoms with Crippen LogP contribution in [0.25, 0.3) is 0 Å². The molecule has 0 aliphatic rings. The van der Waals surface area contributed by atoms with Crippen molar-refractivity contribution in [3.63, 3.8) is 0 Å². The second-order valence-electron chi connectivity index (χ2n) is 2.67. The summed E-state index contributed by atoms with van der Waals surface area (Å²) in [5, 5.41) is 15.0. The van der Waals surface area contributed by atoms with Gasteiger partial charge in [0, 0.05) is 6.42 Å². The van der Waals surface area contributed by atoms with E-state index in [4.69, 9.17) is 10.7 Å². The van der Waals surface area contributed by atoms with Crippen LogP contribution >= 0.6 is 0 Å². The van der Waals surface area contributed by atoms with Crippen molar-refractivity contribution in [3.05, 3.63) is 0 Å². The quantitative estimate of drug-likeness (QED) is 0.442. The van der Waals surface area contributed by atoms with E-state index in [2.05, 4.69) is 6.07 Å². The molecule has 11 heavy (non-hydrogen) atoms. The van der Waals surface area contributed by atoms with Gasteiger partial charge in [0.25, 0.3) is 0 Å². The lowest BCUT2D eigenvalue weighted by atomic mass is 10.1. The van der Waals surface area contributed by atoms with Crippen LogP contribution in [0.1, 0.15) is 44.9 Å². The summed E-state index contributed by atoms with van der Waals surface area (Å²) in [5.41, 5.74) is 0. The van der Waals surface area contributed by atoms with Crippen molar-refractivity contribution >= 4 is 6.21 Å². The first kappa shape index (κ1) is 10.2. The standard InChI is InChI=1S/C9H16N2/c10-8-6-4-2-1-3-5-7-9-11/h8,10H,1-7H2. The Hall–Kier alpha value is -0.840. The van der Waals surface area contributed by atoms with E-state index in [0.29, 0.717) is 6.42 Å². The zero-order valence-corrected chi connectivity index (χ0v) is 6.97. The molecule has 0 rings (SSSR count). The van der Waals surface area contributed by atoms with Crippen molar-refractivity contribution < 1.29 is 0 Å². The molecule has 0 aromatic carbocycles. The van der Waals surface area contributed by atoms with Crippen molar-refractivity contribution in [2.24, 2.45) is 0 Å². The SMILES string of the molecule is N#CCCCCCCCC=N. The molecule has 1 N–H and O–H groups in total. The van der Waals surface area contributed by atoms with Crippen LogP contribution in [0.15, 0.2) is 0 Å². The van der Waals surface area contributed by atoms with E-state index in [1.807, 2.05) is 0 Å². The highest BCUT2D eigenvalue weighted by atomic mass is 14.3. The molecule has 0 aromatic rings. The minimum absolute atomic E-state index is 0.699. The van der Waals surface area contributed by atoms with Crippen molar-refractivity contribution in [1.82, 2.24) is 0 Å². The lowest BCUT2D eigenvalue weighted by molar-refractivity contribution is 0.630. The van der Waals surface area contributed by atoms with Crippen LogP contribution in [-0.4, -0.2) is 6.21 Å². The average Bonchev–Trinajstić information content (AvgIpc) is 2.03. The molecule has 0 aromatic heterocycles. The first-order valence-electron chi connectivity index (χ1n) is 4.27. The van der Waals surface area contributed by atoms with Gasteiger partial charge in [-0.2, -0.15) is 5.26 Å². The summed E-state index contributed by atoms with van der Waals surface area (Å²) in [6.45, 7) is 0. The predicted octanol–water partition coefficient (Wildman–Crippen LogP) is 2.89. The molecule has 0 aliphatic carbocycles. The Morgan fingerprint density at radius 2 is 1.73 bits per heavy atom. The van der Waals surface area contributed by atoms with Gasteiger partial charge in [-0.25, -0.2) is 0 Å². The average molecular weight is 152 g/mol. The summed E-state index contributed by atoms with van der Waals surface area (Å²) >= 11 is 0. The minimum atomic E-state index is 0.699. The number of hydrogen-bond donors (Lipinski definition) is 1. The number of nitrogens with one attached hydrogen (secondary N) is 1. The third-order valence-corrected chi connectivity index (χ3v) is 1.64. The van der Waals surface area contributed by atoms with Crippen molar-refractivity contribution in [2.45, 2.75) is 44.9 Å². The van der Waals surface area contributed by atoms with E-state index < -0.39 is 0 Å². The number of hydrogen-bond acceptors (Lipinski definition) is 2. The van der Waals surface area contributed by atoms with E-state index >= 15 is 0 Å². The molecule has 0 fully saturated rings. The van der Waals surface area contributed by atoms with Crippen LogP contribution in [0.5, 0.6) is 0 Å². The molecule has 0 heterocycles. The molecule has 0 saturated heterocycles. The molecular weight excluding hydrogens is 136 g/mol. The number of rotatable bonds is 7. The fourth-order valence-electron chi connectivity index (χ4n) is 0.981. The van der Waals surface area contributed by atoms with E-state index in [-0.39, 0.29) is 0 Å². The third kappa shape index (κ3) is 9.16. The van der Waals surface area contributed by atoms with Gasteiger partial charge in [0.1, 0.15) is 0 Å². The second-order valence-corrected chi connectivity index (χ2v) is 2.67. The largest absolute Gasteiger partial charge is 0.313 e. The molecule has 0 amide bonds. The highest BCUT2D eigenvalue weighted by molar-refractivity contribution is 5.52. The molecular formula is C9H16N2. The van der Waals surface area contributed by atoms with Gasteiger partial charge < -0.3 is 5.41 Å². The Morgan fingerprint density at radius 3 is 2.36 bits per heavy atom. The van der Waals surface area contributed by atoms with Crippen LogP contribution in [0.2, 0.25) is 0 Å². The van der Waals surface area contributed by atoms with Gasteiger partial charge in [0.15, 0.2) is 0 Å². The summed E-state index contributed by atoms with van der Waals surface area (Å²) in [7, 11) is 0. The summed E-state index contributed by atoms with van der Waals surface area (Å²) in [5.74, 6) is 0. The van der Waals surface area contributed by atoms with E-state index in [9.17, 15) is 0 Å². The fourth-order valence-corrected chi connectivity index (χ4v) is 0.981. The predicted molar refractivity (Wildman–Crippen MR) is 46.7 cm³/mol. The molecule has 0 unspecified atom stereocenters. The zero-order chi connectivity index (χ0) is 8.36. The summed E-state index contributed by atoms with van der Waals surface area (Å²) < 4.78 is 0. The molecule has 0 saturated carbocycles. The fraction of sp³-hybridized carbons (Fsp3) is 0.778. The Morgan fingerprint density at radius 1 is 1.09 bits per heavy atom. The van der Waals surface area contributed by atoms with Crippen LogP contribution in [-0.2, 0) is 0 Å². The van der Waals surface area contributed by atoms with Gasteiger partial charge in [-0.15, -0.1) is 0 Å². The van der Waals surface area contributed by atoms with Crippen LogP contribution in [0, 0.1) is 16.7 Å². The lowest BCUT2D eigenvalue weighted by Gasteiger charge is -1.95. The second kappa shape index (κ2) is 9.16. The lowest BCUT2D eigenvalue weighted by Crippen LogP contribution is -1.79. The van der Waals surface area contributed by atoms with Crippen molar-refractivity contribution in [3.8, 4) is 6.07 Å². The van der Waals surface area contributed by atoms with Crippen LogP contribution in [0.4, 0.5) is 0 Å². The molecule has 0 bridgehead atoms. The molecule has 0 atom stereocenters. The monoisotopic (exact) mass is 152 g/mol. The van der Waals surface area contributed by atoms with Gasteiger partial charge >= 0.3 is 0 Å². The van der Waals surface area contributed by atoms with Gasteiger partial charge in [-0.3, -0.25) is 0 Å². The topological polar surface area (TPSA) is 47.6 Å². The van der Waals surface area contributed by atoms with Gasteiger partial charge in [-0.1, -0.05) is 19.3 Å². The maximum absolute atomic E-state index is 8.23. The summed E-state index contributed by atoms with van der Waals surface area (Å²) in [4.78, 5) is 0. The minimum Gasteiger partial charge on any atom is -0.313 e.